The first kappa shape index (κ1) is 10.9. The summed E-state index contributed by atoms with van der Waals surface area (Å²) in [7, 11) is 0. The van der Waals surface area contributed by atoms with Gasteiger partial charge in [-0.2, -0.15) is 5.10 Å². The predicted molar refractivity (Wildman–Crippen MR) is 70.7 cm³/mol. The van der Waals surface area contributed by atoms with Gasteiger partial charge in [-0.3, -0.25) is 0 Å². The van der Waals surface area contributed by atoms with Crippen LogP contribution in [0.1, 0.15) is 0 Å². The van der Waals surface area contributed by atoms with Crippen LogP contribution in [-0.2, 0) is 0 Å². The van der Waals surface area contributed by atoms with Gasteiger partial charge in [-0.15, -0.1) is 0 Å². The van der Waals surface area contributed by atoms with Crippen LogP contribution < -0.4 is 5.73 Å². The van der Waals surface area contributed by atoms with Gasteiger partial charge in [0.15, 0.2) is 11.5 Å². The Morgan fingerprint density at radius 2 is 1.94 bits per heavy atom. The average molecular weight is 260 g/mol. The quantitative estimate of drug-likeness (QED) is 0.768. The number of nitrogens with two attached hydrogens (primary N) is 1. The molecule has 0 bridgehead atoms. The highest BCUT2D eigenvalue weighted by atomic mass is 35.5. The summed E-state index contributed by atoms with van der Waals surface area (Å²) in [5, 5.41) is 5.09. The molecule has 0 aliphatic heterocycles. The Kier molecular flexibility index (Phi) is 2.57. The normalized spacial score (nSPS) is 10.7. The number of hydrogen-bond donors (Lipinski definition) is 1. The number of hydrogen-bond acceptors (Lipinski definition) is 3. The van der Waals surface area contributed by atoms with Gasteiger partial charge in [0.05, 0.1) is 23.8 Å². The summed E-state index contributed by atoms with van der Waals surface area (Å²) in [5.74, 6) is 0.653. The van der Waals surface area contributed by atoms with Crippen LogP contribution in [0.4, 0.5) is 5.69 Å². The number of aromatic nitrogens is 2. The second-order valence-electron chi connectivity index (χ2n) is 3.83. The molecule has 90 valence electrons. The van der Waals surface area contributed by atoms with Gasteiger partial charge < -0.3 is 10.2 Å². The topological polar surface area (TPSA) is 57.0 Å². The lowest BCUT2D eigenvalue weighted by Gasteiger charge is -2.00. The number of nitrogens with zero attached hydrogens (tertiary/aromatic N) is 2. The number of nitrogen functional groups attached to an aromatic ring is 1. The Balaban J connectivity index is 2.05. The van der Waals surface area contributed by atoms with Gasteiger partial charge >= 0.3 is 0 Å². The molecule has 0 fully saturated rings. The van der Waals surface area contributed by atoms with Gasteiger partial charge in [0.1, 0.15) is 0 Å². The highest BCUT2D eigenvalue weighted by Gasteiger charge is 2.11. The van der Waals surface area contributed by atoms with E-state index in [-0.39, 0.29) is 0 Å². The molecule has 1 aromatic carbocycles. The molecule has 2 aromatic heterocycles. The Bertz CT molecular complexity index is 656. The Hall–Kier alpha value is -2.20. The molecule has 3 rings (SSSR count). The van der Waals surface area contributed by atoms with E-state index in [1.165, 1.54) is 0 Å². The van der Waals surface area contributed by atoms with Gasteiger partial charge in [0.2, 0.25) is 0 Å². The van der Waals surface area contributed by atoms with Crippen molar-refractivity contribution >= 4 is 17.3 Å². The van der Waals surface area contributed by atoms with Crippen molar-refractivity contribution in [3.8, 4) is 17.1 Å². The first-order chi connectivity index (χ1) is 8.74. The molecule has 3 aromatic rings. The summed E-state index contributed by atoms with van der Waals surface area (Å²) in [4.78, 5) is 0. The number of anilines is 1. The molecule has 5 heteroatoms. The second-order valence-corrected chi connectivity index (χ2v) is 4.27. The first-order valence-corrected chi connectivity index (χ1v) is 5.77. The van der Waals surface area contributed by atoms with E-state index in [9.17, 15) is 0 Å². The zero-order valence-electron chi connectivity index (χ0n) is 9.38. The summed E-state index contributed by atoms with van der Waals surface area (Å²) in [6, 6.07) is 11.0. The lowest BCUT2D eigenvalue weighted by Crippen LogP contribution is -1.93. The van der Waals surface area contributed by atoms with Crippen molar-refractivity contribution in [2.24, 2.45) is 0 Å². The van der Waals surface area contributed by atoms with E-state index in [4.69, 9.17) is 21.8 Å². The SMILES string of the molecule is Nc1cn(-c2ccc(Cl)cc2)nc1-c1ccco1. The summed E-state index contributed by atoms with van der Waals surface area (Å²) in [6.07, 6.45) is 3.34. The van der Waals surface area contributed by atoms with E-state index < -0.39 is 0 Å². The van der Waals surface area contributed by atoms with E-state index in [1.54, 1.807) is 35.3 Å². The molecule has 0 spiro atoms. The monoisotopic (exact) mass is 259 g/mol. The van der Waals surface area contributed by atoms with Gasteiger partial charge in [-0.25, -0.2) is 4.68 Å². The van der Waals surface area contributed by atoms with Crippen LogP contribution in [0.15, 0.2) is 53.3 Å². The van der Waals surface area contributed by atoms with Crippen molar-refractivity contribution in [2.75, 3.05) is 5.73 Å². The van der Waals surface area contributed by atoms with Crippen molar-refractivity contribution in [1.29, 1.82) is 0 Å². The largest absolute Gasteiger partial charge is 0.463 e. The maximum absolute atomic E-state index is 5.93. The fourth-order valence-electron chi connectivity index (χ4n) is 1.72. The van der Waals surface area contributed by atoms with E-state index in [0.717, 1.165) is 5.69 Å². The average Bonchev–Trinajstić information content (AvgIpc) is 2.99. The Morgan fingerprint density at radius 1 is 1.17 bits per heavy atom. The molecular formula is C13H10ClN3O. The maximum atomic E-state index is 5.93. The van der Waals surface area contributed by atoms with Crippen LogP contribution in [0, 0.1) is 0 Å². The minimum Gasteiger partial charge on any atom is -0.463 e. The fourth-order valence-corrected chi connectivity index (χ4v) is 1.84. The molecular weight excluding hydrogens is 250 g/mol. The Morgan fingerprint density at radius 3 is 2.61 bits per heavy atom. The van der Waals surface area contributed by atoms with Gasteiger partial charge in [-0.05, 0) is 36.4 Å². The smallest absolute Gasteiger partial charge is 0.156 e. The summed E-state index contributed by atoms with van der Waals surface area (Å²) < 4.78 is 6.99. The van der Waals surface area contributed by atoms with Crippen molar-refractivity contribution in [3.05, 3.63) is 53.9 Å². The van der Waals surface area contributed by atoms with Crippen LogP contribution in [-0.4, -0.2) is 9.78 Å². The first-order valence-electron chi connectivity index (χ1n) is 5.39. The van der Waals surface area contributed by atoms with Crippen LogP contribution in [0.2, 0.25) is 5.02 Å². The molecule has 2 N–H and O–H groups in total. The molecule has 0 radical (unpaired) electrons. The molecule has 0 amide bonds. The molecule has 0 aliphatic carbocycles. The molecule has 18 heavy (non-hydrogen) atoms. The number of rotatable bonds is 2. The van der Waals surface area contributed by atoms with E-state index in [1.807, 2.05) is 18.2 Å². The van der Waals surface area contributed by atoms with Crippen molar-refractivity contribution in [2.45, 2.75) is 0 Å². The third kappa shape index (κ3) is 1.87. The van der Waals surface area contributed by atoms with Gasteiger partial charge in [0, 0.05) is 5.02 Å². The standard InChI is InChI=1S/C13H10ClN3O/c14-9-3-5-10(6-4-9)17-8-11(15)13(16-17)12-2-1-7-18-12/h1-8H,15H2. The number of benzene rings is 1. The number of halogens is 1. The predicted octanol–water partition coefficient (Wildman–Crippen LogP) is 3.37. The van der Waals surface area contributed by atoms with Crippen LogP contribution >= 0.6 is 11.6 Å². The Labute approximate surface area is 109 Å². The second kappa shape index (κ2) is 4.23. The lowest BCUT2D eigenvalue weighted by atomic mass is 10.3. The molecule has 2 heterocycles. The number of furan rings is 1. The van der Waals surface area contributed by atoms with Crippen LogP contribution in [0.5, 0.6) is 0 Å². The van der Waals surface area contributed by atoms with Gasteiger partial charge in [0.25, 0.3) is 0 Å². The minimum absolute atomic E-state index is 0.569. The molecule has 0 saturated heterocycles. The lowest BCUT2D eigenvalue weighted by molar-refractivity contribution is 0.579. The van der Waals surface area contributed by atoms with Crippen molar-refractivity contribution in [3.63, 3.8) is 0 Å². The summed E-state index contributed by atoms with van der Waals surface area (Å²) >= 11 is 5.85. The zero-order valence-corrected chi connectivity index (χ0v) is 10.1. The highest BCUT2D eigenvalue weighted by molar-refractivity contribution is 6.30. The van der Waals surface area contributed by atoms with Crippen molar-refractivity contribution in [1.82, 2.24) is 9.78 Å². The third-order valence-electron chi connectivity index (χ3n) is 2.59. The minimum atomic E-state index is 0.569. The van der Waals surface area contributed by atoms with Crippen molar-refractivity contribution < 1.29 is 4.42 Å². The molecule has 0 aliphatic rings. The molecule has 4 nitrogen and oxygen atoms in total. The highest BCUT2D eigenvalue weighted by Crippen LogP contribution is 2.25. The zero-order chi connectivity index (χ0) is 12.5. The van der Waals surface area contributed by atoms with Crippen LogP contribution in [0.3, 0.4) is 0 Å². The van der Waals surface area contributed by atoms with Gasteiger partial charge in [-0.1, -0.05) is 11.6 Å². The van der Waals surface area contributed by atoms with Crippen LogP contribution in [0.25, 0.3) is 17.1 Å². The third-order valence-corrected chi connectivity index (χ3v) is 2.84. The van der Waals surface area contributed by atoms with E-state index in [0.29, 0.717) is 22.2 Å². The molecule has 0 atom stereocenters. The maximum Gasteiger partial charge on any atom is 0.156 e. The molecule has 0 unspecified atom stereocenters. The summed E-state index contributed by atoms with van der Waals surface area (Å²) in [5.41, 5.74) is 8.03. The fraction of sp³-hybridized carbons (Fsp3) is 0. The summed E-state index contributed by atoms with van der Waals surface area (Å²) in [6.45, 7) is 0. The molecule has 0 saturated carbocycles. The van der Waals surface area contributed by atoms with E-state index in [2.05, 4.69) is 5.10 Å². The van der Waals surface area contributed by atoms with E-state index >= 15 is 0 Å².